The largest absolute Gasteiger partial charge is 0.381 e. The summed E-state index contributed by atoms with van der Waals surface area (Å²) in [5.41, 5.74) is 7.11. The molecule has 21 heavy (non-hydrogen) atoms. The van der Waals surface area contributed by atoms with Crippen LogP contribution < -0.4 is 11.1 Å². The number of benzene rings is 1. The van der Waals surface area contributed by atoms with Crippen molar-refractivity contribution in [3.63, 3.8) is 0 Å². The van der Waals surface area contributed by atoms with E-state index in [1.54, 1.807) is 0 Å². The van der Waals surface area contributed by atoms with Gasteiger partial charge in [0, 0.05) is 19.8 Å². The monoisotopic (exact) mass is 292 g/mol. The third-order valence-electron chi connectivity index (χ3n) is 3.14. The Morgan fingerprint density at radius 1 is 1.29 bits per heavy atom. The molecule has 3 N–H and O–H groups in total. The highest BCUT2D eigenvalue weighted by atomic mass is 16.5. The summed E-state index contributed by atoms with van der Waals surface area (Å²) < 4.78 is 5.46. The molecule has 0 bridgehead atoms. The van der Waals surface area contributed by atoms with Crippen molar-refractivity contribution in [3.05, 3.63) is 35.9 Å². The molecule has 0 aliphatic carbocycles. The summed E-state index contributed by atoms with van der Waals surface area (Å²) in [5, 5.41) is 2.86. The van der Waals surface area contributed by atoms with E-state index in [1.807, 2.05) is 18.2 Å². The molecule has 0 saturated heterocycles. The van der Waals surface area contributed by atoms with Gasteiger partial charge in [-0.2, -0.15) is 0 Å². The van der Waals surface area contributed by atoms with E-state index in [2.05, 4.69) is 31.3 Å². The zero-order valence-electron chi connectivity index (χ0n) is 13.2. The Balaban J connectivity index is 2.08. The van der Waals surface area contributed by atoms with Crippen LogP contribution in [0.5, 0.6) is 0 Å². The first-order valence-electron chi connectivity index (χ1n) is 7.74. The fraction of sp³-hybridized carbons (Fsp3) is 0.588. The van der Waals surface area contributed by atoms with Gasteiger partial charge in [0.15, 0.2) is 0 Å². The topological polar surface area (TPSA) is 64.3 Å². The number of amides is 1. The SMILES string of the molecule is CC(C)COCCCNC(=O)C(N)CCc1ccccc1. The second-order valence-electron chi connectivity index (χ2n) is 5.74. The highest BCUT2D eigenvalue weighted by molar-refractivity contribution is 5.81. The highest BCUT2D eigenvalue weighted by Crippen LogP contribution is 2.04. The lowest BCUT2D eigenvalue weighted by atomic mass is 10.1. The summed E-state index contributed by atoms with van der Waals surface area (Å²) in [6, 6.07) is 9.64. The maximum Gasteiger partial charge on any atom is 0.236 e. The fourth-order valence-electron chi connectivity index (χ4n) is 1.93. The van der Waals surface area contributed by atoms with E-state index < -0.39 is 6.04 Å². The second-order valence-corrected chi connectivity index (χ2v) is 5.74. The van der Waals surface area contributed by atoms with Crippen molar-refractivity contribution in [2.24, 2.45) is 11.7 Å². The van der Waals surface area contributed by atoms with Crippen molar-refractivity contribution in [2.45, 2.75) is 39.2 Å². The van der Waals surface area contributed by atoms with Gasteiger partial charge in [-0.25, -0.2) is 0 Å². The van der Waals surface area contributed by atoms with Gasteiger partial charge in [0.25, 0.3) is 0 Å². The Labute approximate surface area is 128 Å². The predicted octanol–water partition coefficient (Wildman–Crippen LogP) is 2.13. The zero-order valence-corrected chi connectivity index (χ0v) is 13.2. The average Bonchev–Trinajstić information content (AvgIpc) is 2.48. The molecule has 1 aromatic rings. The van der Waals surface area contributed by atoms with Crippen LogP contribution in [0.25, 0.3) is 0 Å². The minimum Gasteiger partial charge on any atom is -0.381 e. The molecular formula is C17H28N2O2. The van der Waals surface area contributed by atoms with Crippen molar-refractivity contribution in [2.75, 3.05) is 19.8 Å². The number of hydrogen-bond donors (Lipinski definition) is 2. The van der Waals surface area contributed by atoms with E-state index >= 15 is 0 Å². The molecule has 0 aliphatic rings. The summed E-state index contributed by atoms with van der Waals surface area (Å²) in [4.78, 5) is 11.8. The van der Waals surface area contributed by atoms with Gasteiger partial charge in [-0.3, -0.25) is 4.79 Å². The summed E-state index contributed by atoms with van der Waals surface area (Å²) in [6.45, 7) is 6.30. The van der Waals surface area contributed by atoms with Crippen molar-refractivity contribution in [1.29, 1.82) is 0 Å². The van der Waals surface area contributed by atoms with Gasteiger partial charge in [0.05, 0.1) is 6.04 Å². The molecular weight excluding hydrogens is 264 g/mol. The lowest BCUT2D eigenvalue weighted by Crippen LogP contribution is -2.41. The van der Waals surface area contributed by atoms with Crippen LogP contribution in [-0.2, 0) is 16.0 Å². The van der Waals surface area contributed by atoms with Gasteiger partial charge in [0.2, 0.25) is 5.91 Å². The smallest absolute Gasteiger partial charge is 0.236 e. The number of hydrogen-bond acceptors (Lipinski definition) is 3. The van der Waals surface area contributed by atoms with Crippen molar-refractivity contribution in [3.8, 4) is 0 Å². The standard InChI is InChI=1S/C17H28N2O2/c1-14(2)13-21-12-6-11-19-17(20)16(18)10-9-15-7-4-3-5-8-15/h3-5,7-8,14,16H,6,9-13,18H2,1-2H3,(H,19,20). The van der Waals surface area contributed by atoms with Gasteiger partial charge >= 0.3 is 0 Å². The molecule has 1 rings (SSSR count). The maximum atomic E-state index is 11.8. The lowest BCUT2D eigenvalue weighted by Gasteiger charge is -2.12. The van der Waals surface area contributed by atoms with E-state index in [4.69, 9.17) is 10.5 Å². The Hall–Kier alpha value is -1.39. The molecule has 1 unspecified atom stereocenters. The molecule has 0 saturated carbocycles. The predicted molar refractivity (Wildman–Crippen MR) is 86.0 cm³/mol. The number of carbonyl (C=O) groups is 1. The first kappa shape index (κ1) is 17.7. The molecule has 118 valence electrons. The minimum absolute atomic E-state index is 0.0743. The molecule has 0 aromatic heterocycles. The van der Waals surface area contributed by atoms with Crippen LogP contribution in [0, 0.1) is 5.92 Å². The Morgan fingerprint density at radius 2 is 2.00 bits per heavy atom. The fourth-order valence-corrected chi connectivity index (χ4v) is 1.93. The van der Waals surface area contributed by atoms with E-state index in [1.165, 1.54) is 5.56 Å². The van der Waals surface area contributed by atoms with E-state index in [9.17, 15) is 4.79 Å². The van der Waals surface area contributed by atoms with E-state index in [0.717, 1.165) is 19.4 Å². The van der Waals surface area contributed by atoms with Crippen LogP contribution in [0.1, 0.15) is 32.3 Å². The summed E-state index contributed by atoms with van der Waals surface area (Å²) >= 11 is 0. The summed E-state index contributed by atoms with van der Waals surface area (Å²) in [5.74, 6) is 0.473. The first-order chi connectivity index (χ1) is 10.1. The Morgan fingerprint density at radius 3 is 2.67 bits per heavy atom. The maximum absolute atomic E-state index is 11.8. The van der Waals surface area contributed by atoms with Crippen LogP contribution in [0.4, 0.5) is 0 Å². The molecule has 4 nitrogen and oxygen atoms in total. The zero-order chi connectivity index (χ0) is 15.5. The molecule has 1 atom stereocenters. The number of rotatable bonds is 10. The molecule has 0 heterocycles. The van der Waals surface area contributed by atoms with Gasteiger partial charge in [-0.1, -0.05) is 44.2 Å². The minimum atomic E-state index is -0.443. The lowest BCUT2D eigenvalue weighted by molar-refractivity contribution is -0.122. The van der Waals surface area contributed by atoms with Crippen LogP contribution >= 0.6 is 0 Å². The van der Waals surface area contributed by atoms with Gasteiger partial charge in [0.1, 0.15) is 0 Å². The third kappa shape index (κ3) is 8.48. The average molecular weight is 292 g/mol. The van der Waals surface area contributed by atoms with E-state index in [-0.39, 0.29) is 5.91 Å². The Kier molecular flexibility index (Phi) is 8.71. The van der Waals surface area contributed by atoms with Crippen LogP contribution in [0.2, 0.25) is 0 Å². The Bertz CT molecular complexity index is 393. The van der Waals surface area contributed by atoms with Crippen LogP contribution in [-0.4, -0.2) is 31.7 Å². The van der Waals surface area contributed by atoms with Crippen molar-refractivity contribution in [1.82, 2.24) is 5.32 Å². The molecule has 4 heteroatoms. The number of aryl methyl sites for hydroxylation is 1. The normalized spacial score (nSPS) is 12.4. The van der Waals surface area contributed by atoms with Crippen molar-refractivity contribution < 1.29 is 9.53 Å². The molecule has 1 amide bonds. The molecule has 1 aromatic carbocycles. The van der Waals surface area contributed by atoms with Crippen LogP contribution in [0.15, 0.2) is 30.3 Å². The van der Waals surface area contributed by atoms with Crippen molar-refractivity contribution >= 4 is 5.91 Å². The van der Waals surface area contributed by atoms with Gasteiger partial charge in [-0.15, -0.1) is 0 Å². The molecule has 0 spiro atoms. The van der Waals surface area contributed by atoms with Crippen LogP contribution in [0.3, 0.4) is 0 Å². The number of carbonyl (C=O) groups excluding carboxylic acids is 1. The van der Waals surface area contributed by atoms with E-state index in [0.29, 0.717) is 25.5 Å². The van der Waals surface area contributed by atoms with Gasteiger partial charge < -0.3 is 15.8 Å². The number of nitrogens with two attached hydrogens (primary N) is 1. The highest BCUT2D eigenvalue weighted by Gasteiger charge is 2.12. The molecule has 0 fully saturated rings. The third-order valence-corrected chi connectivity index (χ3v) is 3.14. The summed E-state index contributed by atoms with van der Waals surface area (Å²) in [6.07, 6.45) is 2.32. The second kappa shape index (κ2) is 10.4. The molecule has 0 radical (unpaired) electrons. The molecule has 0 aliphatic heterocycles. The number of nitrogens with one attached hydrogen (secondary N) is 1. The quantitative estimate of drug-likeness (QED) is 0.649. The number of ether oxygens (including phenoxy) is 1. The van der Waals surface area contributed by atoms with Gasteiger partial charge in [-0.05, 0) is 30.7 Å². The summed E-state index contributed by atoms with van der Waals surface area (Å²) in [7, 11) is 0. The first-order valence-corrected chi connectivity index (χ1v) is 7.74.